The summed E-state index contributed by atoms with van der Waals surface area (Å²) < 4.78 is 17.5. The van der Waals surface area contributed by atoms with E-state index >= 15 is 0 Å². The molecule has 0 fully saturated rings. The molecule has 2 aromatic rings. The molecular weight excluding hydrogens is 302 g/mol. The standard InChI is InChI=1S/C8H4FIN2S/c9-6-3-1-2-5(4-6)7-11-8(10)12-13-7/h1-4H. The van der Waals surface area contributed by atoms with Gasteiger partial charge in [0.1, 0.15) is 10.8 Å². The van der Waals surface area contributed by atoms with Gasteiger partial charge in [-0.25, -0.2) is 9.37 Å². The second kappa shape index (κ2) is 3.67. The van der Waals surface area contributed by atoms with E-state index in [0.717, 1.165) is 10.6 Å². The molecule has 0 spiro atoms. The molecule has 1 aromatic carbocycles. The quantitative estimate of drug-likeness (QED) is 0.757. The maximum absolute atomic E-state index is 12.8. The van der Waals surface area contributed by atoms with E-state index in [4.69, 9.17) is 0 Å². The molecule has 1 aromatic heterocycles. The molecule has 13 heavy (non-hydrogen) atoms. The highest BCUT2D eigenvalue weighted by atomic mass is 127. The van der Waals surface area contributed by atoms with E-state index in [1.807, 2.05) is 28.7 Å². The zero-order valence-electron chi connectivity index (χ0n) is 6.37. The maximum Gasteiger partial charge on any atom is 0.203 e. The lowest BCUT2D eigenvalue weighted by Crippen LogP contribution is -1.78. The Kier molecular flexibility index (Phi) is 2.54. The van der Waals surface area contributed by atoms with Gasteiger partial charge in [-0.3, -0.25) is 0 Å². The smallest absolute Gasteiger partial charge is 0.203 e. The monoisotopic (exact) mass is 306 g/mol. The Balaban J connectivity index is 2.46. The second-order valence-corrected chi connectivity index (χ2v) is 4.10. The Morgan fingerprint density at radius 1 is 1.38 bits per heavy atom. The van der Waals surface area contributed by atoms with Crippen molar-refractivity contribution < 1.29 is 4.39 Å². The topological polar surface area (TPSA) is 25.8 Å². The van der Waals surface area contributed by atoms with Gasteiger partial charge in [0.15, 0.2) is 0 Å². The van der Waals surface area contributed by atoms with Crippen LogP contribution in [0, 0.1) is 9.65 Å². The lowest BCUT2D eigenvalue weighted by atomic mass is 10.2. The summed E-state index contributed by atoms with van der Waals surface area (Å²) in [7, 11) is 0. The van der Waals surface area contributed by atoms with E-state index in [2.05, 4.69) is 9.36 Å². The lowest BCUT2D eigenvalue weighted by molar-refractivity contribution is 0.628. The van der Waals surface area contributed by atoms with Gasteiger partial charge in [0.25, 0.3) is 0 Å². The summed E-state index contributed by atoms with van der Waals surface area (Å²) in [5.41, 5.74) is 0.778. The minimum atomic E-state index is -0.247. The van der Waals surface area contributed by atoms with Crippen molar-refractivity contribution in [1.29, 1.82) is 0 Å². The average molecular weight is 306 g/mol. The molecule has 2 nitrogen and oxygen atoms in total. The van der Waals surface area contributed by atoms with Crippen molar-refractivity contribution in [2.24, 2.45) is 0 Å². The molecule has 0 aliphatic rings. The van der Waals surface area contributed by atoms with Gasteiger partial charge in [-0.2, -0.15) is 4.37 Å². The molecule has 0 amide bonds. The number of benzene rings is 1. The molecule has 0 aliphatic heterocycles. The molecular formula is C8H4FIN2S. The lowest BCUT2D eigenvalue weighted by Gasteiger charge is -1.93. The average Bonchev–Trinajstić information content (AvgIpc) is 2.52. The second-order valence-electron chi connectivity index (χ2n) is 2.38. The minimum Gasteiger partial charge on any atom is -0.210 e. The van der Waals surface area contributed by atoms with Crippen molar-refractivity contribution in [3.05, 3.63) is 33.9 Å². The van der Waals surface area contributed by atoms with Crippen LogP contribution in [0.3, 0.4) is 0 Å². The summed E-state index contributed by atoms with van der Waals surface area (Å²) in [5, 5.41) is 0.754. The van der Waals surface area contributed by atoms with Crippen LogP contribution in [-0.4, -0.2) is 9.36 Å². The predicted molar refractivity (Wildman–Crippen MR) is 58.0 cm³/mol. The van der Waals surface area contributed by atoms with Gasteiger partial charge in [-0.1, -0.05) is 12.1 Å². The number of hydrogen-bond acceptors (Lipinski definition) is 3. The Morgan fingerprint density at radius 3 is 2.85 bits per heavy atom. The van der Waals surface area contributed by atoms with E-state index in [1.165, 1.54) is 23.7 Å². The molecule has 66 valence electrons. The Hall–Kier alpha value is -0.560. The normalized spacial score (nSPS) is 10.3. The SMILES string of the molecule is Fc1cccc(-c2nc(I)ns2)c1. The van der Waals surface area contributed by atoms with Gasteiger partial charge >= 0.3 is 0 Å². The zero-order valence-corrected chi connectivity index (χ0v) is 9.34. The summed E-state index contributed by atoms with van der Waals surface area (Å²) >= 11 is 3.31. The molecule has 0 unspecified atom stereocenters. The number of rotatable bonds is 1. The number of hydrogen-bond donors (Lipinski definition) is 0. The van der Waals surface area contributed by atoms with Crippen molar-refractivity contribution in [2.45, 2.75) is 0 Å². The van der Waals surface area contributed by atoms with Crippen LogP contribution >= 0.6 is 34.1 Å². The van der Waals surface area contributed by atoms with E-state index in [-0.39, 0.29) is 5.82 Å². The van der Waals surface area contributed by atoms with Gasteiger partial charge < -0.3 is 0 Å². The first-order chi connectivity index (χ1) is 6.25. The summed E-state index contributed by atoms with van der Waals surface area (Å²) in [6.45, 7) is 0. The molecule has 0 saturated carbocycles. The van der Waals surface area contributed by atoms with Gasteiger partial charge in [-0.05, 0) is 23.7 Å². The third kappa shape index (κ3) is 2.02. The molecule has 0 bridgehead atoms. The number of halogens is 2. The van der Waals surface area contributed by atoms with Crippen molar-refractivity contribution in [3.8, 4) is 10.6 Å². The van der Waals surface area contributed by atoms with Crippen LogP contribution in [0.2, 0.25) is 0 Å². The molecule has 0 radical (unpaired) electrons. The number of nitrogens with zero attached hydrogens (tertiary/aromatic N) is 2. The Labute approximate surface area is 92.1 Å². The van der Waals surface area contributed by atoms with Crippen molar-refractivity contribution in [3.63, 3.8) is 0 Å². The van der Waals surface area contributed by atoms with Gasteiger partial charge in [0.05, 0.1) is 0 Å². The minimum absolute atomic E-state index is 0.247. The van der Waals surface area contributed by atoms with Crippen molar-refractivity contribution >= 4 is 34.1 Å². The molecule has 2 rings (SSSR count). The van der Waals surface area contributed by atoms with Gasteiger partial charge in [-0.15, -0.1) is 0 Å². The summed E-state index contributed by atoms with van der Waals surface area (Å²) in [4.78, 5) is 4.15. The van der Waals surface area contributed by atoms with Crippen LogP contribution in [0.5, 0.6) is 0 Å². The summed E-state index contributed by atoms with van der Waals surface area (Å²) in [6, 6.07) is 6.35. The maximum atomic E-state index is 12.8. The number of aromatic nitrogens is 2. The fourth-order valence-electron chi connectivity index (χ4n) is 0.944. The van der Waals surface area contributed by atoms with E-state index in [0.29, 0.717) is 3.83 Å². The van der Waals surface area contributed by atoms with E-state index < -0.39 is 0 Å². The highest BCUT2D eigenvalue weighted by molar-refractivity contribution is 14.1. The highest BCUT2D eigenvalue weighted by Gasteiger charge is 2.04. The highest BCUT2D eigenvalue weighted by Crippen LogP contribution is 2.22. The van der Waals surface area contributed by atoms with Crippen LogP contribution in [0.25, 0.3) is 10.6 Å². The molecule has 0 saturated heterocycles. The molecule has 0 N–H and O–H groups in total. The van der Waals surface area contributed by atoms with Crippen LogP contribution < -0.4 is 0 Å². The molecule has 5 heteroatoms. The third-order valence-corrected chi connectivity index (χ3v) is 3.05. The van der Waals surface area contributed by atoms with Crippen LogP contribution in [0.1, 0.15) is 0 Å². The van der Waals surface area contributed by atoms with Crippen LogP contribution in [0.4, 0.5) is 4.39 Å². The first-order valence-corrected chi connectivity index (χ1v) is 5.36. The third-order valence-electron chi connectivity index (χ3n) is 1.47. The zero-order chi connectivity index (χ0) is 9.26. The van der Waals surface area contributed by atoms with Gasteiger partial charge in [0.2, 0.25) is 3.83 Å². The fraction of sp³-hybridized carbons (Fsp3) is 0. The van der Waals surface area contributed by atoms with Gasteiger partial charge in [0, 0.05) is 28.2 Å². The molecule has 0 aliphatic carbocycles. The summed E-state index contributed by atoms with van der Waals surface area (Å²) in [5.74, 6) is -0.247. The van der Waals surface area contributed by atoms with Crippen molar-refractivity contribution in [2.75, 3.05) is 0 Å². The van der Waals surface area contributed by atoms with Crippen LogP contribution in [-0.2, 0) is 0 Å². The van der Waals surface area contributed by atoms with E-state index in [9.17, 15) is 4.39 Å². The summed E-state index contributed by atoms with van der Waals surface area (Å²) in [6.07, 6.45) is 0. The Morgan fingerprint density at radius 2 is 2.23 bits per heavy atom. The Bertz CT molecular complexity index is 430. The largest absolute Gasteiger partial charge is 0.210 e. The predicted octanol–water partition coefficient (Wildman–Crippen LogP) is 2.95. The first kappa shape index (κ1) is 9.01. The molecule has 1 heterocycles. The van der Waals surface area contributed by atoms with E-state index in [1.54, 1.807) is 6.07 Å². The van der Waals surface area contributed by atoms with Crippen molar-refractivity contribution in [1.82, 2.24) is 9.36 Å². The first-order valence-electron chi connectivity index (χ1n) is 3.51. The molecule has 0 atom stereocenters. The fourth-order valence-corrected chi connectivity index (χ4v) is 2.21. The van der Waals surface area contributed by atoms with Crippen LogP contribution in [0.15, 0.2) is 24.3 Å².